The highest BCUT2D eigenvalue weighted by Gasteiger charge is 2.27. The first-order valence-corrected chi connectivity index (χ1v) is 7.72. The Morgan fingerprint density at radius 1 is 1.48 bits per heavy atom. The first kappa shape index (κ1) is 17.3. The quantitative estimate of drug-likeness (QED) is 0.673. The number of nitrogens with one attached hydrogen (secondary N) is 1. The lowest BCUT2D eigenvalue weighted by Gasteiger charge is -2.22. The zero-order chi connectivity index (χ0) is 17.2. The minimum absolute atomic E-state index is 0.0404. The Balaban J connectivity index is 1.97. The van der Waals surface area contributed by atoms with Crippen LogP contribution in [0.4, 0.5) is 16.2 Å². The van der Waals surface area contributed by atoms with Crippen LogP contribution < -0.4 is 10.2 Å². The first-order valence-electron chi connectivity index (χ1n) is 7.34. The maximum absolute atomic E-state index is 11.8. The van der Waals surface area contributed by atoms with Crippen LogP contribution in [0.25, 0.3) is 0 Å². The Labute approximate surface area is 139 Å². The standard InChI is InChI=1S/C15H20ClN3O4/c1-15(2,3)23-14(20)17-10-6-7-18(9-10)13-5-4-11(19(21)22)8-12(13)16/h4-5,8,10H,6-7,9H2,1-3H3,(H,17,20). The van der Waals surface area contributed by atoms with Gasteiger partial charge in [0, 0.05) is 25.2 Å². The molecule has 0 spiro atoms. The number of alkyl carbamates (subject to hydrolysis) is 1. The van der Waals surface area contributed by atoms with E-state index in [9.17, 15) is 14.9 Å². The van der Waals surface area contributed by atoms with Crippen molar-refractivity contribution in [1.29, 1.82) is 0 Å². The average molecular weight is 342 g/mol. The van der Waals surface area contributed by atoms with E-state index in [1.807, 2.05) is 25.7 Å². The van der Waals surface area contributed by atoms with E-state index in [-0.39, 0.29) is 11.7 Å². The van der Waals surface area contributed by atoms with Crippen molar-refractivity contribution in [2.75, 3.05) is 18.0 Å². The van der Waals surface area contributed by atoms with Crippen LogP contribution in [-0.4, -0.2) is 35.7 Å². The maximum Gasteiger partial charge on any atom is 0.407 e. The molecule has 7 nitrogen and oxygen atoms in total. The van der Waals surface area contributed by atoms with E-state index in [4.69, 9.17) is 16.3 Å². The second-order valence-corrected chi connectivity index (χ2v) is 6.88. The van der Waals surface area contributed by atoms with Gasteiger partial charge in [-0.3, -0.25) is 10.1 Å². The first-order chi connectivity index (χ1) is 10.7. The summed E-state index contributed by atoms with van der Waals surface area (Å²) in [4.78, 5) is 24.1. The monoisotopic (exact) mass is 341 g/mol. The topological polar surface area (TPSA) is 84.7 Å². The summed E-state index contributed by atoms with van der Waals surface area (Å²) in [5, 5.41) is 13.9. The molecule has 1 atom stereocenters. The number of hydrogen-bond acceptors (Lipinski definition) is 5. The lowest BCUT2D eigenvalue weighted by molar-refractivity contribution is -0.384. The van der Waals surface area contributed by atoms with E-state index >= 15 is 0 Å². The van der Waals surface area contributed by atoms with E-state index in [1.165, 1.54) is 12.1 Å². The molecule has 126 valence electrons. The Kier molecular flexibility index (Phi) is 4.99. The number of carbonyl (C=O) groups excluding carboxylic acids is 1. The molecule has 1 heterocycles. The number of anilines is 1. The van der Waals surface area contributed by atoms with Gasteiger partial charge in [-0.1, -0.05) is 11.6 Å². The molecule has 1 N–H and O–H groups in total. The molecule has 1 unspecified atom stereocenters. The van der Waals surface area contributed by atoms with Crippen LogP contribution in [0, 0.1) is 10.1 Å². The molecule has 0 saturated carbocycles. The van der Waals surface area contributed by atoms with Crippen LogP contribution in [0.3, 0.4) is 0 Å². The minimum Gasteiger partial charge on any atom is -0.444 e. The summed E-state index contributed by atoms with van der Waals surface area (Å²) in [6.45, 7) is 6.72. The Bertz CT molecular complexity index is 615. The Morgan fingerprint density at radius 3 is 2.74 bits per heavy atom. The number of benzene rings is 1. The lowest BCUT2D eigenvalue weighted by atomic mass is 10.2. The Hall–Kier alpha value is -2.02. The summed E-state index contributed by atoms with van der Waals surface area (Å²) in [7, 11) is 0. The molecule has 1 aliphatic heterocycles. The van der Waals surface area contributed by atoms with Gasteiger partial charge in [0.1, 0.15) is 5.60 Å². The number of amides is 1. The van der Waals surface area contributed by atoms with E-state index in [0.29, 0.717) is 18.1 Å². The highest BCUT2D eigenvalue weighted by atomic mass is 35.5. The molecule has 0 radical (unpaired) electrons. The van der Waals surface area contributed by atoms with E-state index in [0.717, 1.165) is 12.1 Å². The molecule has 1 fully saturated rings. The van der Waals surface area contributed by atoms with Gasteiger partial charge in [0.15, 0.2) is 0 Å². The van der Waals surface area contributed by atoms with E-state index in [2.05, 4.69) is 5.32 Å². The summed E-state index contributed by atoms with van der Waals surface area (Å²) < 4.78 is 5.24. The van der Waals surface area contributed by atoms with Crippen LogP contribution in [0.5, 0.6) is 0 Å². The molecule has 0 aromatic heterocycles. The van der Waals surface area contributed by atoms with Crippen LogP contribution in [0.2, 0.25) is 5.02 Å². The summed E-state index contributed by atoms with van der Waals surface area (Å²) in [6.07, 6.45) is 0.311. The summed E-state index contributed by atoms with van der Waals surface area (Å²) in [6, 6.07) is 4.36. The van der Waals surface area contributed by atoms with Crippen molar-refractivity contribution in [3.63, 3.8) is 0 Å². The number of rotatable bonds is 3. The molecule has 1 aliphatic rings. The second kappa shape index (κ2) is 6.62. The fourth-order valence-corrected chi connectivity index (χ4v) is 2.73. The fourth-order valence-electron chi connectivity index (χ4n) is 2.44. The van der Waals surface area contributed by atoms with Gasteiger partial charge < -0.3 is 15.0 Å². The molecule has 1 saturated heterocycles. The van der Waals surface area contributed by atoms with Gasteiger partial charge >= 0.3 is 6.09 Å². The maximum atomic E-state index is 11.8. The number of ether oxygens (including phenoxy) is 1. The van der Waals surface area contributed by atoms with Crippen LogP contribution in [0.1, 0.15) is 27.2 Å². The smallest absolute Gasteiger partial charge is 0.407 e. The van der Waals surface area contributed by atoms with Crippen molar-refractivity contribution >= 4 is 29.1 Å². The van der Waals surface area contributed by atoms with Gasteiger partial charge in [-0.05, 0) is 33.3 Å². The van der Waals surface area contributed by atoms with Gasteiger partial charge in [-0.25, -0.2) is 4.79 Å². The van der Waals surface area contributed by atoms with Crippen molar-refractivity contribution in [1.82, 2.24) is 5.32 Å². The molecule has 8 heteroatoms. The van der Waals surface area contributed by atoms with Crippen molar-refractivity contribution in [2.45, 2.75) is 38.8 Å². The summed E-state index contributed by atoms with van der Waals surface area (Å²) in [5.74, 6) is 0. The Morgan fingerprint density at radius 2 is 2.17 bits per heavy atom. The molecule has 23 heavy (non-hydrogen) atoms. The van der Waals surface area contributed by atoms with Gasteiger partial charge in [0.25, 0.3) is 5.69 Å². The normalized spacial score (nSPS) is 17.9. The predicted molar refractivity (Wildman–Crippen MR) is 88.1 cm³/mol. The average Bonchev–Trinajstić information content (AvgIpc) is 2.84. The molecule has 2 rings (SSSR count). The van der Waals surface area contributed by atoms with Crippen LogP contribution in [-0.2, 0) is 4.74 Å². The summed E-state index contributed by atoms with van der Waals surface area (Å²) >= 11 is 6.14. The molecule has 1 aromatic rings. The van der Waals surface area contributed by atoms with Crippen LogP contribution in [0.15, 0.2) is 18.2 Å². The molecule has 0 aliphatic carbocycles. The highest BCUT2D eigenvalue weighted by Crippen LogP contribution is 2.31. The van der Waals surface area contributed by atoms with Gasteiger partial charge in [0.05, 0.1) is 21.7 Å². The van der Waals surface area contributed by atoms with E-state index < -0.39 is 16.6 Å². The third-order valence-corrected chi connectivity index (χ3v) is 3.69. The molecule has 1 aromatic carbocycles. The van der Waals surface area contributed by atoms with Crippen molar-refractivity contribution in [3.05, 3.63) is 33.3 Å². The SMILES string of the molecule is CC(C)(C)OC(=O)NC1CCN(c2ccc([N+](=O)[O-])cc2Cl)C1. The zero-order valence-electron chi connectivity index (χ0n) is 13.3. The number of halogens is 1. The largest absolute Gasteiger partial charge is 0.444 e. The zero-order valence-corrected chi connectivity index (χ0v) is 14.1. The summed E-state index contributed by atoms with van der Waals surface area (Å²) in [5.41, 5.74) is 0.150. The third kappa shape index (κ3) is 4.72. The lowest BCUT2D eigenvalue weighted by Crippen LogP contribution is -2.40. The number of nitrogens with zero attached hydrogens (tertiary/aromatic N) is 2. The molecular weight excluding hydrogens is 322 g/mol. The van der Waals surface area contributed by atoms with E-state index in [1.54, 1.807) is 6.07 Å². The predicted octanol–water partition coefficient (Wildman–Crippen LogP) is 3.35. The molecule has 0 bridgehead atoms. The highest BCUT2D eigenvalue weighted by molar-refractivity contribution is 6.33. The minimum atomic E-state index is -0.538. The molecule has 1 amide bonds. The van der Waals surface area contributed by atoms with Gasteiger partial charge in [-0.15, -0.1) is 0 Å². The second-order valence-electron chi connectivity index (χ2n) is 6.47. The number of non-ortho nitro benzene ring substituents is 1. The number of nitro benzene ring substituents is 1. The number of carbonyl (C=O) groups is 1. The van der Waals surface area contributed by atoms with Gasteiger partial charge in [-0.2, -0.15) is 0 Å². The van der Waals surface area contributed by atoms with Crippen molar-refractivity contribution in [2.24, 2.45) is 0 Å². The van der Waals surface area contributed by atoms with Crippen molar-refractivity contribution in [3.8, 4) is 0 Å². The molecular formula is C15H20ClN3O4. The van der Waals surface area contributed by atoms with Crippen LogP contribution >= 0.6 is 11.6 Å². The van der Waals surface area contributed by atoms with Crippen molar-refractivity contribution < 1.29 is 14.5 Å². The number of hydrogen-bond donors (Lipinski definition) is 1. The van der Waals surface area contributed by atoms with Gasteiger partial charge in [0.2, 0.25) is 0 Å². The number of nitro groups is 1. The fraction of sp³-hybridized carbons (Fsp3) is 0.533. The third-order valence-electron chi connectivity index (χ3n) is 3.39.